The molecule has 5 heteroatoms. The summed E-state index contributed by atoms with van der Waals surface area (Å²) in [5.74, 6) is 0.197. The standard InChI is InChI=1S/C20H31N3O2/c24-15-17-10-4-5-11-18(17)22-20(25)21-14-19(23-12-6-7-13-23)16-8-2-1-3-9-16/h1-3,8-9,17-19,24H,4-7,10-15H2,(H2,21,22,25). The Hall–Kier alpha value is -1.59. The molecule has 2 amide bonds. The largest absolute Gasteiger partial charge is 0.396 e. The third-order valence-corrected chi connectivity index (χ3v) is 5.68. The van der Waals surface area contributed by atoms with Gasteiger partial charge in [0.2, 0.25) is 0 Å². The number of likely N-dealkylation sites (tertiary alicyclic amines) is 1. The molecule has 0 spiro atoms. The maximum absolute atomic E-state index is 12.4. The summed E-state index contributed by atoms with van der Waals surface area (Å²) in [5, 5.41) is 15.7. The number of carbonyl (C=O) groups is 1. The summed E-state index contributed by atoms with van der Waals surface area (Å²) in [6.45, 7) is 2.97. The van der Waals surface area contributed by atoms with Gasteiger partial charge < -0.3 is 15.7 Å². The quantitative estimate of drug-likeness (QED) is 0.743. The van der Waals surface area contributed by atoms with E-state index in [1.165, 1.54) is 18.4 Å². The van der Waals surface area contributed by atoms with Crippen molar-refractivity contribution in [1.82, 2.24) is 15.5 Å². The molecule has 3 rings (SSSR count). The highest BCUT2D eigenvalue weighted by Crippen LogP contribution is 2.25. The Morgan fingerprint density at radius 3 is 2.56 bits per heavy atom. The normalized spacial score (nSPS) is 25.5. The highest BCUT2D eigenvalue weighted by molar-refractivity contribution is 5.74. The first-order valence-electron chi connectivity index (χ1n) is 9.72. The van der Waals surface area contributed by atoms with Crippen molar-refractivity contribution in [2.24, 2.45) is 5.92 Å². The third-order valence-electron chi connectivity index (χ3n) is 5.68. The summed E-state index contributed by atoms with van der Waals surface area (Å²) < 4.78 is 0. The molecule has 1 aromatic carbocycles. The Balaban J connectivity index is 1.56. The van der Waals surface area contributed by atoms with Crippen LogP contribution in [-0.2, 0) is 0 Å². The maximum Gasteiger partial charge on any atom is 0.315 e. The Kier molecular flexibility index (Phi) is 6.70. The first-order valence-corrected chi connectivity index (χ1v) is 9.72. The van der Waals surface area contributed by atoms with Crippen molar-refractivity contribution in [2.75, 3.05) is 26.2 Å². The fraction of sp³-hybridized carbons (Fsp3) is 0.650. The molecule has 3 atom stereocenters. The molecular weight excluding hydrogens is 314 g/mol. The molecule has 2 fully saturated rings. The molecule has 0 radical (unpaired) electrons. The van der Waals surface area contributed by atoms with E-state index in [1.807, 2.05) is 6.07 Å². The lowest BCUT2D eigenvalue weighted by molar-refractivity contribution is 0.152. The topological polar surface area (TPSA) is 64.6 Å². The molecule has 1 heterocycles. The minimum atomic E-state index is -0.106. The van der Waals surface area contributed by atoms with E-state index in [0.717, 1.165) is 38.8 Å². The predicted molar refractivity (Wildman–Crippen MR) is 99.4 cm³/mol. The van der Waals surface area contributed by atoms with Crippen LogP contribution in [0.3, 0.4) is 0 Å². The molecule has 138 valence electrons. The molecule has 5 nitrogen and oxygen atoms in total. The molecule has 0 aromatic heterocycles. The predicted octanol–water partition coefficient (Wildman–Crippen LogP) is 2.67. The second kappa shape index (κ2) is 9.20. The van der Waals surface area contributed by atoms with Crippen molar-refractivity contribution in [2.45, 2.75) is 50.6 Å². The Morgan fingerprint density at radius 2 is 1.84 bits per heavy atom. The number of aliphatic hydroxyl groups is 1. The number of urea groups is 1. The molecule has 1 aliphatic heterocycles. The summed E-state index contributed by atoms with van der Waals surface area (Å²) in [4.78, 5) is 14.9. The monoisotopic (exact) mass is 345 g/mol. The average molecular weight is 345 g/mol. The van der Waals surface area contributed by atoms with Crippen LogP contribution in [0, 0.1) is 5.92 Å². The Bertz CT molecular complexity index is 531. The van der Waals surface area contributed by atoms with Crippen LogP contribution in [0.1, 0.15) is 50.1 Å². The van der Waals surface area contributed by atoms with E-state index in [0.29, 0.717) is 6.54 Å². The van der Waals surface area contributed by atoms with Crippen molar-refractivity contribution >= 4 is 6.03 Å². The number of amides is 2. The number of aliphatic hydroxyl groups excluding tert-OH is 1. The van der Waals surface area contributed by atoms with Crippen molar-refractivity contribution in [3.8, 4) is 0 Å². The molecule has 1 saturated heterocycles. The summed E-state index contributed by atoms with van der Waals surface area (Å²) in [6.07, 6.45) is 6.71. The lowest BCUT2D eigenvalue weighted by Crippen LogP contribution is -2.49. The van der Waals surface area contributed by atoms with Gasteiger partial charge in [-0.05, 0) is 44.3 Å². The second-order valence-corrected chi connectivity index (χ2v) is 7.36. The molecule has 2 aliphatic rings. The number of carbonyl (C=O) groups excluding carboxylic acids is 1. The summed E-state index contributed by atoms with van der Waals surface area (Å²) in [6, 6.07) is 10.7. The number of nitrogens with zero attached hydrogens (tertiary/aromatic N) is 1. The number of rotatable bonds is 6. The second-order valence-electron chi connectivity index (χ2n) is 7.36. The SMILES string of the molecule is O=C(NCC(c1ccccc1)N1CCCC1)NC1CCCCC1CO. The fourth-order valence-electron chi connectivity index (χ4n) is 4.21. The van der Waals surface area contributed by atoms with Gasteiger partial charge in [0.15, 0.2) is 0 Å². The van der Waals surface area contributed by atoms with Crippen LogP contribution >= 0.6 is 0 Å². The minimum absolute atomic E-state index is 0.0979. The van der Waals surface area contributed by atoms with Gasteiger partial charge in [-0.3, -0.25) is 4.90 Å². The van der Waals surface area contributed by atoms with E-state index in [-0.39, 0.29) is 30.6 Å². The molecule has 1 saturated carbocycles. The minimum Gasteiger partial charge on any atom is -0.396 e. The Morgan fingerprint density at radius 1 is 1.12 bits per heavy atom. The van der Waals surface area contributed by atoms with Crippen LogP contribution in [0.4, 0.5) is 4.79 Å². The number of nitrogens with one attached hydrogen (secondary N) is 2. The van der Waals surface area contributed by atoms with Crippen LogP contribution in [0.2, 0.25) is 0 Å². The molecule has 3 unspecified atom stereocenters. The van der Waals surface area contributed by atoms with Gasteiger partial charge >= 0.3 is 6.03 Å². The van der Waals surface area contributed by atoms with Crippen molar-refractivity contribution in [1.29, 1.82) is 0 Å². The smallest absolute Gasteiger partial charge is 0.315 e. The zero-order valence-electron chi connectivity index (χ0n) is 15.0. The van der Waals surface area contributed by atoms with Crippen LogP contribution in [-0.4, -0.2) is 48.3 Å². The Labute approximate surface area is 150 Å². The summed E-state index contributed by atoms with van der Waals surface area (Å²) in [5.41, 5.74) is 1.26. The van der Waals surface area contributed by atoms with Crippen LogP contribution in [0.25, 0.3) is 0 Å². The molecule has 1 aliphatic carbocycles. The van der Waals surface area contributed by atoms with Gasteiger partial charge in [-0.2, -0.15) is 0 Å². The summed E-state index contributed by atoms with van der Waals surface area (Å²) in [7, 11) is 0. The zero-order chi connectivity index (χ0) is 17.5. The lowest BCUT2D eigenvalue weighted by Gasteiger charge is -2.32. The number of benzene rings is 1. The van der Waals surface area contributed by atoms with Crippen LogP contribution in [0.15, 0.2) is 30.3 Å². The highest BCUT2D eigenvalue weighted by Gasteiger charge is 2.27. The van der Waals surface area contributed by atoms with Gasteiger partial charge in [0.1, 0.15) is 0 Å². The van der Waals surface area contributed by atoms with Gasteiger partial charge in [-0.25, -0.2) is 4.79 Å². The van der Waals surface area contributed by atoms with E-state index < -0.39 is 0 Å². The molecule has 0 bridgehead atoms. The first-order chi connectivity index (χ1) is 12.3. The van der Waals surface area contributed by atoms with Gasteiger partial charge in [-0.1, -0.05) is 43.2 Å². The van der Waals surface area contributed by atoms with Crippen molar-refractivity contribution < 1.29 is 9.90 Å². The van der Waals surface area contributed by atoms with E-state index in [4.69, 9.17) is 0 Å². The van der Waals surface area contributed by atoms with Gasteiger partial charge in [-0.15, -0.1) is 0 Å². The third kappa shape index (κ3) is 4.95. The number of hydrogen-bond donors (Lipinski definition) is 3. The summed E-state index contributed by atoms with van der Waals surface area (Å²) >= 11 is 0. The van der Waals surface area contributed by atoms with E-state index in [2.05, 4.69) is 39.8 Å². The number of hydrogen-bond acceptors (Lipinski definition) is 3. The molecule has 3 N–H and O–H groups in total. The van der Waals surface area contributed by atoms with E-state index in [1.54, 1.807) is 0 Å². The zero-order valence-corrected chi connectivity index (χ0v) is 15.0. The van der Waals surface area contributed by atoms with Gasteiger partial charge in [0.05, 0.1) is 6.04 Å². The average Bonchev–Trinajstić information content (AvgIpc) is 3.18. The van der Waals surface area contributed by atoms with E-state index >= 15 is 0 Å². The van der Waals surface area contributed by atoms with Crippen LogP contribution < -0.4 is 10.6 Å². The highest BCUT2D eigenvalue weighted by atomic mass is 16.3. The van der Waals surface area contributed by atoms with E-state index in [9.17, 15) is 9.90 Å². The molecular formula is C20H31N3O2. The molecule has 25 heavy (non-hydrogen) atoms. The van der Waals surface area contributed by atoms with Crippen LogP contribution in [0.5, 0.6) is 0 Å². The van der Waals surface area contributed by atoms with Gasteiger partial charge in [0.25, 0.3) is 0 Å². The lowest BCUT2D eigenvalue weighted by atomic mass is 9.85. The molecule has 1 aromatic rings. The fourth-order valence-corrected chi connectivity index (χ4v) is 4.21. The van der Waals surface area contributed by atoms with Crippen molar-refractivity contribution in [3.05, 3.63) is 35.9 Å². The van der Waals surface area contributed by atoms with Gasteiger partial charge in [0, 0.05) is 25.1 Å². The van der Waals surface area contributed by atoms with Crippen molar-refractivity contribution in [3.63, 3.8) is 0 Å². The first kappa shape index (κ1) is 18.2. The maximum atomic E-state index is 12.4.